The van der Waals surface area contributed by atoms with Crippen molar-refractivity contribution in [3.05, 3.63) is 64.4 Å². The summed E-state index contributed by atoms with van der Waals surface area (Å²) in [5.41, 5.74) is 2.45. The van der Waals surface area contributed by atoms with Crippen molar-refractivity contribution in [1.82, 2.24) is 15.0 Å². The number of nitrogens with zero attached hydrogens (tertiary/aromatic N) is 3. The molecule has 3 rings (SSSR count). The van der Waals surface area contributed by atoms with Gasteiger partial charge in [-0.3, -0.25) is 0 Å². The molecule has 0 unspecified atom stereocenters. The summed E-state index contributed by atoms with van der Waals surface area (Å²) in [6, 6.07) is 12.4. The van der Waals surface area contributed by atoms with Gasteiger partial charge in [-0.15, -0.1) is 5.10 Å². The molecule has 0 atom stereocenters. The first-order chi connectivity index (χ1) is 12.0. The average Bonchev–Trinajstić information content (AvgIpc) is 2.98. The van der Waals surface area contributed by atoms with Crippen molar-refractivity contribution in [2.24, 2.45) is 0 Å². The molecule has 128 valence electrons. The first kappa shape index (κ1) is 17.0. The highest BCUT2D eigenvalue weighted by Crippen LogP contribution is 2.27. The topological polar surface area (TPSA) is 66.2 Å². The van der Waals surface area contributed by atoms with Crippen molar-refractivity contribution in [2.75, 3.05) is 7.11 Å². The van der Waals surface area contributed by atoms with Gasteiger partial charge in [0.25, 0.3) is 0 Å². The average molecular weight is 358 g/mol. The SMILES string of the molecule is COc1ccc(-n2nnc(C(=O)Oc3ccc(C)cc3)c2C)cc1Cl. The molecule has 0 aliphatic rings. The van der Waals surface area contributed by atoms with E-state index in [4.69, 9.17) is 21.1 Å². The Kier molecular flexibility index (Phi) is 4.72. The second-order valence-corrected chi connectivity index (χ2v) is 5.86. The molecule has 0 aliphatic carbocycles. The Balaban J connectivity index is 1.86. The van der Waals surface area contributed by atoms with Crippen LogP contribution in [0.1, 0.15) is 21.7 Å². The standard InChI is InChI=1S/C18H16ClN3O3/c1-11-4-7-14(8-5-11)25-18(23)17-12(2)22(21-20-17)13-6-9-16(24-3)15(19)10-13/h4-10H,1-3H3. The molecule has 1 heterocycles. The highest BCUT2D eigenvalue weighted by molar-refractivity contribution is 6.32. The van der Waals surface area contributed by atoms with Gasteiger partial charge >= 0.3 is 5.97 Å². The summed E-state index contributed by atoms with van der Waals surface area (Å²) in [6.45, 7) is 3.70. The molecule has 0 aliphatic heterocycles. The number of aromatic nitrogens is 3. The zero-order valence-electron chi connectivity index (χ0n) is 14.0. The Bertz CT molecular complexity index is 920. The van der Waals surface area contributed by atoms with Crippen molar-refractivity contribution in [3.63, 3.8) is 0 Å². The summed E-state index contributed by atoms with van der Waals surface area (Å²) in [5, 5.41) is 8.41. The number of methoxy groups -OCH3 is 1. The van der Waals surface area contributed by atoms with Gasteiger partial charge in [0, 0.05) is 0 Å². The molecule has 2 aromatic carbocycles. The second-order valence-electron chi connectivity index (χ2n) is 5.46. The Morgan fingerprint density at radius 2 is 1.84 bits per heavy atom. The lowest BCUT2D eigenvalue weighted by atomic mass is 10.2. The summed E-state index contributed by atoms with van der Waals surface area (Å²) in [6.07, 6.45) is 0. The van der Waals surface area contributed by atoms with Gasteiger partial charge in [-0.1, -0.05) is 34.5 Å². The van der Waals surface area contributed by atoms with Crippen LogP contribution in [-0.4, -0.2) is 28.1 Å². The van der Waals surface area contributed by atoms with Crippen LogP contribution in [0.2, 0.25) is 5.02 Å². The van der Waals surface area contributed by atoms with Crippen LogP contribution in [-0.2, 0) is 0 Å². The number of hydrogen-bond acceptors (Lipinski definition) is 5. The minimum atomic E-state index is -0.563. The molecule has 0 amide bonds. The van der Waals surface area contributed by atoms with Crippen LogP contribution >= 0.6 is 11.6 Å². The number of aryl methyl sites for hydroxylation is 1. The van der Waals surface area contributed by atoms with Crippen molar-refractivity contribution < 1.29 is 14.3 Å². The van der Waals surface area contributed by atoms with Crippen LogP contribution in [0.15, 0.2) is 42.5 Å². The molecule has 3 aromatic rings. The molecule has 0 saturated carbocycles. The molecule has 25 heavy (non-hydrogen) atoms. The smallest absolute Gasteiger partial charge is 0.366 e. The Hall–Kier alpha value is -2.86. The molecule has 0 bridgehead atoms. The van der Waals surface area contributed by atoms with Crippen LogP contribution < -0.4 is 9.47 Å². The lowest BCUT2D eigenvalue weighted by Crippen LogP contribution is -2.11. The molecule has 0 N–H and O–H groups in total. The molecule has 6 nitrogen and oxygen atoms in total. The number of halogens is 1. The summed E-state index contributed by atoms with van der Waals surface area (Å²) in [4.78, 5) is 12.3. The van der Waals surface area contributed by atoms with E-state index < -0.39 is 5.97 Å². The Morgan fingerprint density at radius 1 is 1.12 bits per heavy atom. The zero-order chi connectivity index (χ0) is 18.0. The Morgan fingerprint density at radius 3 is 2.48 bits per heavy atom. The first-order valence-corrected chi connectivity index (χ1v) is 7.92. The van der Waals surface area contributed by atoms with Gasteiger partial charge in [0.1, 0.15) is 11.5 Å². The first-order valence-electron chi connectivity index (χ1n) is 7.54. The minimum Gasteiger partial charge on any atom is -0.495 e. The number of esters is 1. The summed E-state index contributed by atoms with van der Waals surface area (Å²) in [7, 11) is 1.54. The fourth-order valence-electron chi connectivity index (χ4n) is 2.31. The van der Waals surface area contributed by atoms with E-state index >= 15 is 0 Å². The van der Waals surface area contributed by atoms with E-state index in [0.29, 0.717) is 27.9 Å². The molecule has 0 spiro atoms. The number of hydrogen-bond donors (Lipinski definition) is 0. The number of ether oxygens (including phenoxy) is 2. The predicted molar refractivity (Wildman–Crippen MR) is 93.8 cm³/mol. The third kappa shape index (κ3) is 3.49. The number of rotatable bonds is 4. The van der Waals surface area contributed by atoms with Gasteiger partial charge in [-0.2, -0.15) is 0 Å². The van der Waals surface area contributed by atoms with Crippen molar-refractivity contribution in [2.45, 2.75) is 13.8 Å². The zero-order valence-corrected chi connectivity index (χ0v) is 14.7. The maximum Gasteiger partial charge on any atom is 0.366 e. The summed E-state index contributed by atoms with van der Waals surface area (Å²) in [5.74, 6) is 0.450. The second kappa shape index (κ2) is 6.94. The quantitative estimate of drug-likeness (QED) is 0.525. The van der Waals surface area contributed by atoms with E-state index in [1.54, 1.807) is 44.4 Å². The van der Waals surface area contributed by atoms with Crippen LogP contribution in [0.25, 0.3) is 5.69 Å². The van der Waals surface area contributed by atoms with Gasteiger partial charge in [0.2, 0.25) is 0 Å². The van der Waals surface area contributed by atoms with Crippen LogP contribution in [0, 0.1) is 13.8 Å². The van der Waals surface area contributed by atoms with Gasteiger partial charge in [-0.25, -0.2) is 9.48 Å². The number of carbonyl (C=O) groups excluding carboxylic acids is 1. The maximum atomic E-state index is 12.3. The van der Waals surface area contributed by atoms with E-state index in [1.807, 2.05) is 19.1 Å². The fraction of sp³-hybridized carbons (Fsp3) is 0.167. The monoisotopic (exact) mass is 357 g/mol. The molecular formula is C18H16ClN3O3. The van der Waals surface area contributed by atoms with Crippen molar-refractivity contribution in [3.8, 4) is 17.2 Å². The van der Waals surface area contributed by atoms with Gasteiger partial charge < -0.3 is 9.47 Å². The maximum absolute atomic E-state index is 12.3. The van der Waals surface area contributed by atoms with Gasteiger partial charge in [0.05, 0.1) is 23.5 Å². The molecule has 1 aromatic heterocycles. The van der Waals surface area contributed by atoms with Crippen molar-refractivity contribution >= 4 is 17.6 Å². The van der Waals surface area contributed by atoms with E-state index in [9.17, 15) is 4.79 Å². The van der Waals surface area contributed by atoms with E-state index in [0.717, 1.165) is 5.56 Å². The lowest BCUT2D eigenvalue weighted by molar-refractivity contribution is 0.0727. The number of benzene rings is 2. The predicted octanol–water partition coefficient (Wildman–Crippen LogP) is 3.77. The van der Waals surface area contributed by atoms with E-state index in [1.165, 1.54) is 4.68 Å². The third-order valence-corrected chi connectivity index (χ3v) is 3.99. The highest BCUT2D eigenvalue weighted by atomic mass is 35.5. The molecular weight excluding hydrogens is 342 g/mol. The van der Waals surface area contributed by atoms with Crippen molar-refractivity contribution in [1.29, 1.82) is 0 Å². The minimum absolute atomic E-state index is 0.146. The third-order valence-electron chi connectivity index (χ3n) is 3.70. The Labute approximate surface area is 149 Å². The van der Waals surface area contributed by atoms with Crippen LogP contribution in [0.3, 0.4) is 0 Å². The van der Waals surface area contributed by atoms with Gasteiger partial charge in [-0.05, 0) is 44.2 Å². The lowest BCUT2D eigenvalue weighted by Gasteiger charge is -2.07. The van der Waals surface area contributed by atoms with Crippen LogP contribution in [0.5, 0.6) is 11.5 Å². The molecule has 0 fully saturated rings. The van der Waals surface area contributed by atoms with E-state index in [-0.39, 0.29) is 5.69 Å². The van der Waals surface area contributed by atoms with E-state index in [2.05, 4.69) is 10.3 Å². The van der Waals surface area contributed by atoms with Gasteiger partial charge in [0.15, 0.2) is 5.69 Å². The number of carbonyl (C=O) groups is 1. The summed E-state index contributed by atoms with van der Waals surface area (Å²) >= 11 is 6.14. The summed E-state index contributed by atoms with van der Waals surface area (Å²) < 4.78 is 12.0. The van der Waals surface area contributed by atoms with Crippen LogP contribution in [0.4, 0.5) is 0 Å². The molecule has 0 saturated heterocycles. The molecule has 0 radical (unpaired) electrons. The fourth-order valence-corrected chi connectivity index (χ4v) is 2.56. The highest BCUT2D eigenvalue weighted by Gasteiger charge is 2.20. The molecule has 7 heteroatoms. The normalized spacial score (nSPS) is 10.6. The largest absolute Gasteiger partial charge is 0.495 e.